The number of benzene rings is 2. The molecule has 9 amide bonds. The fraction of sp³-hybridized carbons (Fsp3) is 0.488. The number of carbonyl (C=O) groups is 10. The van der Waals surface area contributed by atoms with Crippen LogP contribution in [-0.4, -0.2) is 153 Å². The monoisotopic (exact) mass is 974 g/mol. The van der Waals surface area contributed by atoms with Crippen molar-refractivity contribution in [3.8, 4) is 5.75 Å². The van der Waals surface area contributed by atoms with Crippen LogP contribution in [0.3, 0.4) is 0 Å². The van der Waals surface area contributed by atoms with E-state index in [-0.39, 0.29) is 30.9 Å². The first-order valence-electron chi connectivity index (χ1n) is 21.3. The lowest BCUT2D eigenvalue weighted by Crippen LogP contribution is -2.61. The van der Waals surface area contributed by atoms with E-state index in [4.69, 9.17) is 11.5 Å². The molecule has 2 rings (SSSR count). The molecule has 0 spiro atoms. The van der Waals surface area contributed by atoms with Crippen LogP contribution in [0.2, 0.25) is 0 Å². The number of nitrogens with one attached hydrogen (secondary N) is 8. The van der Waals surface area contributed by atoms with Crippen molar-refractivity contribution in [1.82, 2.24) is 42.5 Å². The summed E-state index contributed by atoms with van der Waals surface area (Å²) in [6, 6.07) is 2.39. The van der Waals surface area contributed by atoms with E-state index in [0.717, 1.165) is 0 Å². The van der Waals surface area contributed by atoms with Gasteiger partial charge in [0.05, 0.1) is 31.7 Å². The van der Waals surface area contributed by atoms with Crippen molar-refractivity contribution in [3.63, 3.8) is 0 Å². The Bertz CT molecular complexity index is 2080. The zero-order valence-electron chi connectivity index (χ0n) is 37.9. The molecule has 0 unspecified atom stereocenters. The summed E-state index contributed by atoms with van der Waals surface area (Å²) in [5, 5.41) is 57.6. The second-order valence-electron chi connectivity index (χ2n) is 16.2. The smallest absolute Gasteiger partial charge is 0.326 e. The minimum absolute atomic E-state index is 0.000639. The predicted octanol–water partition coefficient (Wildman–Crippen LogP) is -4.66. The topological polar surface area (TPSA) is 400 Å². The normalized spacial score (nSPS) is 15.0. The molecule has 68 heavy (non-hydrogen) atoms. The number of nitrogens with two attached hydrogens (primary N) is 2. The first kappa shape index (κ1) is 57.3. The number of hydrogen-bond donors (Lipinski definition) is 15. The average Bonchev–Trinajstić information content (AvgIpc) is 3.27. The zero-order chi connectivity index (χ0) is 51.2. The number of carboxylic acid groups (broad SMARTS) is 1. The van der Waals surface area contributed by atoms with Crippen molar-refractivity contribution in [1.29, 1.82) is 0 Å². The van der Waals surface area contributed by atoms with Gasteiger partial charge in [0, 0.05) is 12.2 Å². The Hall–Kier alpha value is -6.83. The van der Waals surface area contributed by atoms with Gasteiger partial charge in [0.2, 0.25) is 53.2 Å². The number of phenols is 1. The maximum Gasteiger partial charge on any atom is 0.326 e. The Labute approximate surface area is 397 Å². The fourth-order valence-electron chi connectivity index (χ4n) is 6.21. The van der Waals surface area contributed by atoms with E-state index in [9.17, 15) is 68.4 Å². The van der Waals surface area contributed by atoms with Crippen molar-refractivity contribution >= 4 is 71.8 Å². The van der Waals surface area contributed by atoms with Gasteiger partial charge >= 0.3 is 5.97 Å². The van der Waals surface area contributed by atoms with E-state index in [2.05, 4.69) is 55.2 Å². The van der Waals surface area contributed by atoms with Crippen LogP contribution in [0, 0.1) is 5.92 Å². The second-order valence-corrected chi connectivity index (χ2v) is 16.6. The Balaban J connectivity index is 2.14. The van der Waals surface area contributed by atoms with E-state index >= 15 is 0 Å². The minimum atomic E-state index is -1.74. The van der Waals surface area contributed by atoms with Crippen molar-refractivity contribution < 1.29 is 68.4 Å². The number of hydrogen-bond acceptors (Lipinski definition) is 15. The third-order valence-electron chi connectivity index (χ3n) is 9.89. The maximum atomic E-state index is 13.8. The van der Waals surface area contributed by atoms with Crippen LogP contribution in [0.15, 0.2) is 54.6 Å². The Kier molecular flexibility index (Phi) is 23.9. The number of amides is 9. The molecule has 24 nitrogen and oxygen atoms in total. The summed E-state index contributed by atoms with van der Waals surface area (Å²) in [5.74, 6) is -10.7. The van der Waals surface area contributed by atoms with Gasteiger partial charge in [-0.15, -0.1) is 0 Å². The number of aliphatic hydroxyl groups excluding tert-OH is 2. The first-order chi connectivity index (χ1) is 31.9. The quantitative estimate of drug-likeness (QED) is 0.0357. The number of aliphatic hydroxyl groups is 2. The number of aliphatic carboxylic acids is 1. The molecule has 0 saturated heterocycles. The molecule has 2 aromatic rings. The van der Waals surface area contributed by atoms with Crippen LogP contribution < -0.4 is 54.0 Å². The first-order valence-corrected chi connectivity index (χ1v) is 22.0. The molecule has 0 fully saturated rings. The van der Waals surface area contributed by atoms with Gasteiger partial charge in [0.25, 0.3) is 0 Å². The number of primary amides is 1. The Morgan fingerprint density at radius 2 is 1.16 bits per heavy atom. The van der Waals surface area contributed by atoms with E-state index in [1.807, 2.05) is 0 Å². The lowest BCUT2D eigenvalue weighted by atomic mass is 10.0. The summed E-state index contributed by atoms with van der Waals surface area (Å²) in [7, 11) is 0. The highest BCUT2D eigenvalue weighted by Crippen LogP contribution is 2.12. The SMILES string of the molecule is CC(C)C[C@H](NC(=O)CNC(=O)[C@H](CO)NC(=O)[C@H](CS)NC(=O)[C@H](CC(N)=O)NC(=O)[C@H](C)NC(=O)[C@H](Cc1ccccc1)NC(=O)[C@@H](NC(=O)[C@@H](N)Cc1ccc(O)cc1)[C@@H](C)O)C(=O)O. The van der Waals surface area contributed by atoms with Crippen molar-refractivity contribution in [2.75, 3.05) is 18.9 Å². The van der Waals surface area contributed by atoms with Gasteiger partial charge < -0.3 is 74.4 Å². The molecule has 0 aromatic heterocycles. The van der Waals surface area contributed by atoms with Gasteiger partial charge in [-0.1, -0.05) is 56.3 Å². The van der Waals surface area contributed by atoms with Crippen LogP contribution in [0.25, 0.3) is 0 Å². The standard InChI is InChI=1S/C43H62N10O14S/c1-21(2)14-30(43(66)67)48-34(58)18-46-38(61)31(19-54)51-41(64)32(20-68)52-40(63)29(17-33(45)57)49-36(59)22(3)47-39(62)28(16-24-8-6-5-7-9-24)50-42(65)35(23(4)55)53-37(60)27(44)15-25-10-12-26(56)13-11-25/h5-13,21-23,27-32,35,54-56,68H,14-20,44H2,1-4H3,(H2,45,57)(H,46,61)(H,47,62)(H,48,58)(H,49,59)(H,50,65)(H,51,64)(H,52,63)(H,53,60)(H,66,67)/t22-,23+,27-,28-,29-,30-,31-,32-,35-/m0/s1. The molecule has 2 aromatic carbocycles. The number of thiol groups is 1. The van der Waals surface area contributed by atoms with Gasteiger partial charge in [-0.25, -0.2) is 4.79 Å². The number of carboxylic acids is 1. The molecule has 9 atom stereocenters. The highest BCUT2D eigenvalue weighted by Gasteiger charge is 2.34. The lowest BCUT2D eigenvalue weighted by molar-refractivity contribution is -0.142. The number of carbonyl (C=O) groups excluding carboxylic acids is 9. The highest BCUT2D eigenvalue weighted by molar-refractivity contribution is 7.80. The minimum Gasteiger partial charge on any atom is -0.508 e. The van der Waals surface area contributed by atoms with Gasteiger partial charge in [-0.2, -0.15) is 12.6 Å². The Morgan fingerprint density at radius 1 is 0.618 bits per heavy atom. The third kappa shape index (κ3) is 20.0. The van der Waals surface area contributed by atoms with Gasteiger partial charge in [0.15, 0.2) is 0 Å². The molecule has 0 aliphatic heterocycles. The molecular formula is C43H62N10O14S. The van der Waals surface area contributed by atoms with Crippen LogP contribution >= 0.6 is 12.6 Å². The van der Waals surface area contributed by atoms with E-state index in [1.165, 1.54) is 26.0 Å². The molecule has 0 radical (unpaired) electrons. The van der Waals surface area contributed by atoms with E-state index in [0.29, 0.717) is 11.1 Å². The molecule has 0 saturated carbocycles. The summed E-state index contributed by atoms with van der Waals surface area (Å²) in [6.07, 6.45) is -2.31. The summed E-state index contributed by atoms with van der Waals surface area (Å²) in [6.45, 7) is 4.24. The summed E-state index contributed by atoms with van der Waals surface area (Å²) < 4.78 is 0. The van der Waals surface area contributed by atoms with Gasteiger partial charge in [-0.3, -0.25) is 43.2 Å². The number of phenolic OH excluding ortho intramolecular Hbond substituents is 1. The highest BCUT2D eigenvalue weighted by atomic mass is 32.1. The van der Waals surface area contributed by atoms with E-state index in [1.54, 1.807) is 56.3 Å². The predicted molar refractivity (Wildman–Crippen MR) is 246 cm³/mol. The maximum absolute atomic E-state index is 13.8. The summed E-state index contributed by atoms with van der Waals surface area (Å²) in [4.78, 5) is 129. The van der Waals surface area contributed by atoms with Gasteiger partial charge in [0.1, 0.15) is 48.0 Å². The van der Waals surface area contributed by atoms with Crippen LogP contribution in [-0.2, 0) is 60.8 Å². The van der Waals surface area contributed by atoms with E-state index < -0.39 is 139 Å². The molecule has 0 bridgehead atoms. The molecule has 16 N–H and O–H groups in total. The lowest BCUT2D eigenvalue weighted by Gasteiger charge is -2.27. The van der Waals surface area contributed by atoms with Crippen LogP contribution in [0.5, 0.6) is 5.75 Å². The Morgan fingerprint density at radius 3 is 1.71 bits per heavy atom. The summed E-state index contributed by atoms with van der Waals surface area (Å²) >= 11 is 4.06. The second kappa shape index (κ2) is 28.4. The fourth-order valence-corrected chi connectivity index (χ4v) is 6.47. The molecule has 0 aliphatic carbocycles. The zero-order valence-corrected chi connectivity index (χ0v) is 38.8. The molecule has 25 heteroatoms. The number of rotatable bonds is 28. The molecule has 0 heterocycles. The molecular weight excluding hydrogens is 913 g/mol. The number of aromatic hydroxyl groups is 1. The van der Waals surface area contributed by atoms with Crippen LogP contribution in [0.1, 0.15) is 51.7 Å². The third-order valence-corrected chi connectivity index (χ3v) is 10.3. The summed E-state index contributed by atoms with van der Waals surface area (Å²) in [5.41, 5.74) is 12.6. The van der Waals surface area contributed by atoms with Crippen molar-refractivity contribution in [2.24, 2.45) is 17.4 Å². The van der Waals surface area contributed by atoms with Crippen molar-refractivity contribution in [2.45, 2.75) is 108 Å². The van der Waals surface area contributed by atoms with Crippen LogP contribution in [0.4, 0.5) is 0 Å². The van der Waals surface area contributed by atoms with Gasteiger partial charge in [-0.05, 0) is 55.9 Å². The van der Waals surface area contributed by atoms with Crippen molar-refractivity contribution in [3.05, 3.63) is 65.7 Å². The molecule has 0 aliphatic rings. The average molecular weight is 975 g/mol. The largest absolute Gasteiger partial charge is 0.508 e. The molecule has 374 valence electrons.